The molecule has 30 heavy (non-hydrogen) atoms. The van der Waals surface area contributed by atoms with Crippen molar-refractivity contribution in [1.29, 1.82) is 0 Å². The smallest absolute Gasteiger partial charge is 0.227 e. The second kappa shape index (κ2) is 8.97. The second-order valence-electron chi connectivity index (χ2n) is 9.47. The van der Waals surface area contributed by atoms with Crippen LogP contribution in [-0.4, -0.2) is 29.9 Å². The first-order valence-corrected chi connectivity index (χ1v) is 12.0. The zero-order chi connectivity index (χ0) is 20.3. The molecule has 4 nitrogen and oxygen atoms in total. The normalized spacial score (nSPS) is 24.0. The highest BCUT2D eigenvalue weighted by Gasteiger charge is 2.27. The molecule has 1 N–H and O–H groups in total. The minimum atomic E-state index is 0.156. The van der Waals surface area contributed by atoms with Gasteiger partial charge in [0.25, 0.3) is 0 Å². The maximum atomic E-state index is 12.9. The Morgan fingerprint density at radius 3 is 2.67 bits per heavy atom. The van der Waals surface area contributed by atoms with Crippen LogP contribution in [0.1, 0.15) is 76.2 Å². The number of nitrogens with one attached hydrogen (secondary N) is 1. The molecule has 0 spiro atoms. The Kier molecular flexibility index (Phi) is 5.94. The molecule has 1 unspecified atom stereocenters. The van der Waals surface area contributed by atoms with Crippen LogP contribution in [0.3, 0.4) is 0 Å². The summed E-state index contributed by atoms with van der Waals surface area (Å²) in [5.74, 6) is 0.346. The Labute approximate surface area is 179 Å². The van der Waals surface area contributed by atoms with Gasteiger partial charge in [0.15, 0.2) is 0 Å². The van der Waals surface area contributed by atoms with E-state index >= 15 is 0 Å². The van der Waals surface area contributed by atoms with E-state index in [9.17, 15) is 4.79 Å². The second-order valence-corrected chi connectivity index (χ2v) is 9.47. The van der Waals surface area contributed by atoms with Crippen molar-refractivity contribution in [3.8, 4) is 0 Å². The van der Waals surface area contributed by atoms with Gasteiger partial charge < -0.3 is 9.73 Å². The van der Waals surface area contributed by atoms with E-state index in [2.05, 4.69) is 22.4 Å². The number of anilines is 1. The Bertz CT molecular complexity index is 920. The summed E-state index contributed by atoms with van der Waals surface area (Å²) >= 11 is 0. The molecule has 3 aliphatic rings. The van der Waals surface area contributed by atoms with E-state index in [-0.39, 0.29) is 11.8 Å². The molecule has 1 saturated heterocycles. The topological polar surface area (TPSA) is 45.5 Å². The standard InChI is InChI=1S/C26H34N2O2/c29-26(19-8-4-2-1-3-5-9-19)27-21-11-12-25-23(17-21)24(18-30-25)20-13-15-28-14-7-6-10-22(28)16-20/h11-13,17-19,22H,1-10,14-16H2,(H,27,29). The quantitative estimate of drug-likeness (QED) is 0.644. The average Bonchev–Trinajstić information content (AvgIpc) is 3.16. The first-order valence-electron chi connectivity index (χ1n) is 12.0. The number of fused-ring (bicyclic) bond motifs is 2. The van der Waals surface area contributed by atoms with Crippen LogP contribution in [-0.2, 0) is 4.79 Å². The van der Waals surface area contributed by atoms with E-state index in [4.69, 9.17) is 4.42 Å². The van der Waals surface area contributed by atoms with Gasteiger partial charge in [-0.3, -0.25) is 9.69 Å². The predicted octanol–water partition coefficient (Wildman–Crippen LogP) is 6.37. The molecule has 5 rings (SSSR count). The van der Waals surface area contributed by atoms with Crippen molar-refractivity contribution in [2.75, 3.05) is 18.4 Å². The third-order valence-electron chi connectivity index (χ3n) is 7.44. The highest BCUT2D eigenvalue weighted by atomic mass is 16.3. The number of hydrogen-bond acceptors (Lipinski definition) is 3. The third kappa shape index (κ3) is 4.20. The highest BCUT2D eigenvalue weighted by molar-refractivity contribution is 5.98. The molecular weight excluding hydrogens is 372 g/mol. The van der Waals surface area contributed by atoms with Crippen molar-refractivity contribution in [3.05, 3.63) is 36.1 Å². The Balaban J connectivity index is 1.34. The lowest BCUT2D eigenvalue weighted by Crippen LogP contribution is -2.41. The Morgan fingerprint density at radius 2 is 1.80 bits per heavy atom. The summed E-state index contributed by atoms with van der Waals surface area (Å²) in [6.45, 7) is 2.28. The van der Waals surface area contributed by atoms with Crippen molar-refractivity contribution in [2.45, 2.75) is 76.7 Å². The van der Waals surface area contributed by atoms with Crippen molar-refractivity contribution < 1.29 is 9.21 Å². The van der Waals surface area contributed by atoms with Gasteiger partial charge in [0, 0.05) is 35.1 Å². The summed E-state index contributed by atoms with van der Waals surface area (Å²) < 4.78 is 5.88. The number of rotatable bonds is 3. The molecule has 1 atom stereocenters. The van der Waals surface area contributed by atoms with Crippen molar-refractivity contribution in [3.63, 3.8) is 0 Å². The van der Waals surface area contributed by atoms with E-state index in [1.165, 1.54) is 69.0 Å². The number of nitrogens with zero attached hydrogens (tertiary/aromatic N) is 1. The van der Waals surface area contributed by atoms with Crippen molar-refractivity contribution >= 4 is 28.1 Å². The number of amides is 1. The molecule has 2 aromatic rings. The van der Waals surface area contributed by atoms with Crippen LogP contribution in [0.5, 0.6) is 0 Å². The van der Waals surface area contributed by atoms with Crippen LogP contribution in [0.25, 0.3) is 16.5 Å². The first-order chi connectivity index (χ1) is 14.8. The van der Waals surface area contributed by atoms with Gasteiger partial charge in [-0.05, 0) is 62.4 Å². The first kappa shape index (κ1) is 19.9. The van der Waals surface area contributed by atoms with Gasteiger partial charge in [-0.2, -0.15) is 0 Å². The van der Waals surface area contributed by atoms with E-state index in [1.807, 2.05) is 18.4 Å². The zero-order valence-electron chi connectivity index (χ0n) is 18.0. The Hall–Kier alpha value is -2.07. The van der Waals surface area contributed by atoms with Gasteiger partial charge >= 0.3 is 0 Å². The molecule has 1 aromatic carbocycles. The summed E-state index contributed by atoms with van der Waals surface area (Å²) in [6.07, 6.45) is 17.6. The van der Waals surface area contributed by atoms with Gasteiger partial charge in [0.1, 0.15) is 5.58 Å². The minimum absolute atomic E-state index is 0.156. The lowest BCUT2D eigenvalue weighted by Gasteiger charge is -2.38. The maximum Gasteiger partial charge on any atom is 0.227 e. The monoisotopic (exact) mass is 406 g/mol. The van der Waals surface area contributed by atoms with E-state index in [0.29, 0.717) is 6.04 Å². The number of benzene rings is 1. The fraction of sp³-hybridized carbons (Fsp3) is 0.577. The van der Waals surface area contributed by atoms with Gasteiger partial charge in [-0.1, -0.05) is 44.6 Å². The number of hydrogen-bond donors (Lipinski definition) is 1. The van der Waals surface area contributed by atoms with Crippen LogP contribution >= 0.6 is 0 Å². The van der Waals surface area contributed by atoms with E-state index in [1.54, 1.807) is 0 Å². The molecule has 2 fully saturated rings. The largest absolute Gasteiger partial charge is 0.464 e. The van der Waals surface area contributed by atoms with Crippen LogP contribution in [0.4, 0.5) is 5.69 Å². The molecule has 4 heteroatoms. The fourth-order valence-corrected chi connectivity index (χ4v) is 5.63. The number of carbonyl (C=O) groups is 1. The molecule has 1 amide bonds. The van der Waals surface area contributed by atoms with Crippen LogP contribution in [0.15, 0.2) is 35.0 Å². The number of piperidine rings is 1. The highest BCUT2D eigenvalue weighted by Crippen LogP contribution is 2.36. The van der Waals surface area contributed by atoms with Crippen LogP contribution < -0.4 is 5.32 Å². The van der Waals surface area contributed by atoms with Crippen LogP contribution in [0.2, 0.25) is 0 Å². The molecule has 0 bridgehead atoms. The molecular formula is C26H34N2O2. The lowest BCUT2D eigenvalue weighted by molar-refractivity contribution is -0.120. The van der Waals surface area contributed by atoms with E-state index in [0.717, 1.165) is 42.5 Å². The summed E-state index contributed by atoms with van der Waals surface area (Å²) in [5, 5.41) is 4.33. The molecule has 1 aliphatic carbocycles. The summed E-state index contributed by atoms with van der Waals surface area (Å²) in [6, 6.07) is 6.77. The van der Waals surface area contributed by atoms with Crippen molar-refractivity contribution in [1.82, 2.24) is 4.90 Å². The zero-order valence-corrected chi connectivity index (χ0v) is 18.0. The molecule has 1 aromatic heterocycles. The van der Waals surface area contributed by atoms with Gasteiger partial charge in [0.05, 0.1) is 6.26 Å². The molecule has 2 aliphatic heterocycles. The number of carbonyl (C=O) groups excluding carboxylic acids is 1. The predicted molar refractivity (Wildman–Crippen MR) is 122 cm³/mol. The summed E-state index contributed by atoms with van der Waals surface area (Å²) in [4.78, 5) is 15.5. The molecule has 3 heterocycles. The molecule has 1 saturated carbocycles. The summed E-state index contributed by atoms with van der Waals surface area (Å²) in [5.41, 5.74) is 4.41. The third-order valence-corrected chi connectivity index (χ3v) is 7.44. The fourth-order valence-electron chi connectivity index (χ4n) is 5.63. The molecule has 160 valence electrons. The van der Waals surface area contributed by atoms with Gasteiger partial charge in [-0.25, -0.2) is 0 Å². The molecule has 0 radical (unpaired) electrons. The SMILES string of the molecule is O=C(Nc1ccc2occ(C3=CCN4CCCCC4C3)c2c1)C1CCCCCCC1. The summed E-state index contributed by atoms with van der Waals surface area (Å²) in [7, 11) is 0. The lowest BCUT2D eigenvalue weighted by atomic mass is 9.88. The van der Waals surface area contributed by atoms with Gasteiger partial charge in [0.2, 0.25) is 5.91 Å². The van der Waals surface area contributed by atoms with E-state index < -0.39 is 0 Å². The van der Waals surface area contributed by atoms with Crippen molar-refractivity contribution in [2.24, 2.45) is 5.92 Å². The Morgan fingerprint density at radius 1 is 1.00 bits per heavy atom. The minimum Gasteiger partial charge on any atom is -0.464 e. The maximum absolute atomic E-state index is 12.9. The van der Waals surface area contributed by atoms with Gasteiger partial charge in [-0.15, -0.1) is 0 Å². The average molecular weight is 407 g/mol. The van der Waals surface area contributed by atoms with Crippen LogP contribution in [0, 0.1) is 5.92 Å². The number of furan rings is 1.